The van der Waals surface area contributed by atoms with Gasteiger partial charge in [0.25, 0.3) is 0 Å². The fourth-order valence-electron chi connectivity index (χ4n) is 10.9. The van der Waals surface area contributed by atoms with Crippen LogP contribution in [0.4, 0.5) is 0 Å². The first-order valence-electron chi connectivity index (χ1n) is 20.2. The molecule has 8 atom stereocenters. The summed E-state index contributed by atoms with van der Waals surface area (Å²) < 4.78 is 0. The zero-order valence-electron chi connectivity index (χ0n) is 39.4. The molecule has 0 aliphatic heterocycles. The molecule has 2 aliphatic rings. The van der Waals surface area contributed by atoms with E-state index in [1.807, 2.05) is 0 Å². The summed E-state index contributed by atoms with van der Waals surface area (Å²) in [5.41, 5.74) is 6.19. The van der Waals surface area contributed by atoms with Gasteiger partial charge < -0.3 is 25.9 Å². The van der Waals surface area contributed by atoms with Gasteiger partial charge in [-0.25, -0.2) is 0 Å². The van der Waals surface area contributed by atoms with Crippen LogP contribution in [0.15, 0.2) is 24.3 Å². The molecule has 8 unspecified atom stereocenters. The minimum absolute atomic E-state index is 0. The van der Waals surface area contributed by atoms with Crippen LogP contribution >= 0.6 is 0 Å². The summed E-state index contributed by atoms with van der Waals surface area (Å²) >= 11 is 0. The summed E-state index contributed by atoms with van der Waals surface area (Å²) in [7, 11) is -1.58. The van der Waals surface area contributed by atoms with Crippen molar-refractivity contribution in [3.8, 4) is 11.5 Å². The minimum atomic E-state index is -1.79. The maximum Gasteiger partial charge on any atom is 0.118 e. The van der Waals surface area contributed by atoms with Crippen molar-refractivity contribution >= 4 is 26.5 Å². The van der Waals surface area contributed by atoms with Crippen LogP contribution in [0.5, 0.6) is 11.5 Å². The van der Waals surface area contributed by atoms with E-state index in [2.05, 4.69) is 161 Å². The van der Waals surface area contributed by atoms with Crippen LogP contribution in [0.3, 0.4) is 0 Å². The summed E-state index contributed by atoms with van der Waals surface area (Å²) in [6.45, 7) is 47.0. The predicted octanol–water partition coefficient (Wildman–Crippen LogP) is 10.1. The number of hydrogen-bond donors (Lipinski definition) is 4. The molecule has 4 rings (SSSR count). The Labute approximate surface area is 371 Å². The molecule has 0 spiro atoms. The van der Waals surface area contributed by atoms with Gasteiger partial charge in [-0.05, 0) is 105 Å². The molecule has 9 heteroatoms. The number of phenolic OH excluding ortho intramolecular Hbond substituents is 2. The first kappa shape index (κ1) is 59.1. The summed E-state index contributed by atoms with van der Waals surface area (Å²) in [5.74, 6) is 7.16. The van der Waals surface area contributed by atoms with Crippen LogP contribution in [0.1, 0.15) is 119 Å². The Kier molecular flexibility index (Phi) is 24.1. The molecule has 2 aromatic rings. The van der Waals surface area contributed by atoms with Crippen LogP contribution in [0, 0.1) is 61.2 Å². The molecular weight excluding hydrogens is 784 g/mol. The third kappa shape index (κ3) is 12.4. The van der Waals surface area contributed by atoms with E-state index < -0.39 is 16.1 Å². The maximum absolute atomic E-state index is 11.2. The SMILES string of the molecule is CO.CO.Cc1cc(C(C)(C)C)c(O)c([Si](C)(C)C2C(C)C(C)C(C)C2C)c1.Cc1cc(C(C)(C)C)c(O)c([Si](C)(C)C2C(C)C(C)C(C)C2C)c1.O.[Ti].[Ti]. The average Bonchev–Trinajstić information content (AvgIpc) is 3.37. The van der Waals surface area contributed by atoms with E-state index in [0.29, 0.717) is 11.5 Å². The third-order valence-corrected chi connectivity index (χ3v) is 23.4. The zero-order valence-corrected chi connectivity index (χ0v) is 44.5. The largest absolute Gasteiger partial charge is 0.508 e. The van der Waals surface area contributed by atoms with Gasteiger partial charge in [-0.15, -0.1) is 0 Å². The van der Waals surface area contributed by atoms with Gasteiger partial charge in [-0.2, -0.15) is 0 Å². The Balaban J connectivity index is -0.000000858. The molecule has 2 fully saturated rings. The molecule has 5 nitrogen and oxygen atoms in total. The quantitative estimate of drug-likeness (QED) is 0.229. The fourth-order valence-corrected chi connectivity index (χ4v) is 20.7. The molecule has 2 aromatic carbocycles. The molecule has 0 saturated heterocycles. The van der Waals surface area contributed by atoms with Crippen molar-refractivity contribution < 1.29 is 69.3 Å². The van der Waals surface area contributed by atoms with E-state index in [0.717, 1.165) is 83.8 Å². The Morgan fingerprint density at radius 2 is 0.636 bits per heavy atom. The molecule has 0 aromatic heterocycles. The van der Waals surface area contributed by atoms with E-state index >= 15 is 0 Å². The standard InChI is InChI=1S/2C22H38OSi.2CH4O.H2O.2Ti/c2*1-13-11-18(22(6,7)8)20(23)19(12-13)24(9,10)21-16(4)14(2)15(3)17(21)5;2*1-2;;;/h2*11-12,14-17,21,23H,1-10H3;2*2H,1H3;1H2;;. The molecule has 2 saturated carbocycles. The predicted molar refractivity (Wildman–Crippen MR) is 238 cm³/mol. The van der Waals surface area contributed by atoms with Gasteiger partial charge in [0.1, 0.15) is 11.5 Å². The maximum atomic E-state index is 11.2. The summed E-state index contributed by atoms with van der Waals surface area (Å²) in [6.07, 6.45) is 0. The Hall–Kier alpha value is -0.218. The molecule has 6 N–H and O–H groups in total. The van der Waals surface area contributed by atoms with Crippen molar-refractivity contribution in [2.45, 2.75) is 159 Å². The van der Waals surface area contributed by atoms with Crippen LogP contribution in [-0.4, -0.2) is 56.3 Å². The van der Waals surface area contributed by atoms with Crippen LogP contribution in [-0.2, 0) is 54.3 Å². The number of benzene rings is 2. The van der Waals surface area contributed by atoms with Crippen molar-refractivity contribution in [2.75, 3.05) is 14.2 Å². The summed E-state index contributed by atoms with van der Waals surface area (Å²) in [4.78, 5) is 0. The summed E-state index contributed by atoms with van der Waals surface area (Å²) in [6, 6.07) is 8.92. The molecule has 55 heavy (non-hydrogen) atoms. The second-order valence-corrected chi connectivity index (χ2v) is 29.6. The minimum Gasteiger partial charge on any atom is -0.508 e. The van der Waals surface area contributed by atoms with Crippen LogP contribution in [0.25, 0.3) is 0 Å². The van der Waals surface area contributed by atoms with Crippen molar-refractivity contribution in [1.29, 1.82) is 0 Å². The van der Waals surface area contributed by atoms with Gasteiger partial charge in [0.05, 0.1) is 16.1 Å². The van der Waals surface area contributed by atoms with Crippen LogP contribution in [0.2, 0.25) is 37.3 Å². The number of aliphatic hydroxyl groups excluding tert-OH is 2. The number of aryl methyl sites for hydroxylation is 2. The second-order valence-electron chi connectivity index (χ2n) is 20.3. The van der Waals surface area contributed by atoms with Crippen molar-refractivity contribution in [2.24, 2.45) is 47.3 Å². The first-order valence-corrected chi connectivity index (χ1v) is 26.3. The van der Waals surface area contributed by atoms with E-state index in [9.17, 15) is 10.2 Å². The molecule has 0 radical (unpaired) electrons. The van der Waals surface area contributed by atoms with E-state index in [1.54, 1.807) is 0 Å². The Morgan fingerprint density at radius 3 is 0.818 bits per heavy atom. The van der Waals surface area contributed by atoms with E-state index in [-0.39, 0.29) is 59.7 Å². The summed E-state index contributed by atoms with van der Waals surface area (Å²) in [5, 5.41) is 38.9. The zero-order chi connectivity index (χ0) is 41.2. The van der Waals surface area contributed by atoms with Gasteiger partial charge in [-0.1, -0.05) is 159 Å². The van der Waals surface area contributed by atoms with Crippen molar-refractivity contribution in [3.63, 3.8) is 0 Å². The van der Waals surface area contributed by atoms with E-state index in [4.69, 9.17) is 10.2 Å². The number of aromatic hydroxyl groups is 2. The van der Waals surface area contributed by atoms with Crippen molar-refractivity contribution in [1.82, 2.24) is 0 Å². The number of hydrogen-bond acceptors (Lipinski definition) is 4. The van der Waals surface area contributed by atoms with Gasteiger partial charge in [-0.3, -0.25) is 0 Å². The molecule has 316 valence electrons. The van der Waals surface area contributed by atoms with Gasteiger partial charge in [0, 0.05) is 57.7 Å². The smallest absolute Gasteiger partial charge is 0.118 e. The Morgan fingerprint density at radius 1 is 0.436 bits per heavy atom. The fraction of sp³-hybridized carbons (Fsp3) is 0.739. The molecule has 2 aliphatic carbocycles. The second kappa shape index (κ2) is 22.4. The van der Waals surface area contributed by atoms with Crippen LogP contribution < -0.4 is 10.4 Å². The molecule has 0 amide bonds. The first-order chi connectivity index (χ1) is 23.6. The number of aliphatic hydroxyl groups is 2. The number of phenols is 2. The molecule has 0 heterocycles. The topological polar surface area (TPSA) is 112 Å². The van der Waals surface area contributed by atoms with Gasteiger partial charge in [0.15, 0.2) is 0 Å². The molecule has 0 bridgehead atoms. The monoisotopic (exact) mass is 870 g/mol. The average molecular weight is 871 g/mol. The Bertz CT molecular complexity index is 1330. The number of rotatable bonds is 4. The van der Waals surface area contributed by atoms with Crippen molar-refractivity contribution in [3.05, 3.63) is 46.5 Å². The molecular formula is C46H86O5Si2Ti2. The van der Waals surface area contributed by atoms with Gasteiger partial charge >= 0.3 is 0 Å². The van der Waals surface area contributed by atoms with Gasteiger partial charge in [0.2, 0.25) is 0 Å². The third-order valence-electron chi connectivity index (χ3n) is 14.4. The van der Waals surface area contributed by atoms with E-state index in [1.165, 1.54) is 21.5 Å². The normalized spacial score (nSPS) is 27.7.